The lowest BCUT2D eigenvalue weighted by Crippen LogP contribution is -2.46. The number of piperidine rings is 1. The summed E-state index contributed by atoms with van der Waals surface area (Å²) >= 11 is 0. The molecule has 1 fully saturated rings. The molecule has 1 N–H and O–H groups in total. The number of methoxy groups -OCH3 is 1. The topological polar surface area (TPSA) is 81.0 Å². The van der Waals surface area contributed by atoms with E-state index >= 15 is 0 Å². The number of carbonyl (C=O) groups excluding carboxylic acids is 2. The maximum atomic E-state index is 12.6. The van der Waals surface area contributed by atoms with Crippen molar-refractivity contribution in [2.24, 2.45) is 0 Å². The van der Waals surface area contributed by atoms with Crippen LogP contribution in [0.25, 0.3) is 11.0 Å². The first kappa shape index (κ1) is 18.1. The lowest BCUT2D eigenvalue weighted by molar-refractivity contribution is 0.0841. The molecule has 1 saturated heterocycles. The van der Waals surface area contributed by atoms with Crippen LogP contribution in [0, 0.1) is 6.92 Å². The summed E-state index contributed by atoms with van der Waals surface area (Å²) in [6, 6.07) is 5.48. The Morgan fingerprint density at radius 2 is 2.04 bits per heavy atom. The van der Waals surface area contributed by atoms with E-state index in [1.54, 1.807) is 31.1 Å². The average Bonchev–Trinajstić information content (AvgIpc) is 2.98. The van der Waals surface area contributed by atoms with Crippen LogP contribution in [0.3, 0.4) is 0 Å². The van der Waals surface area contributed by atoms with Crippen molar-refractivity contribution in [2.45, 2.75) is 32.7 Å². The third-order valence-electron chi connectivity index (χ3n) is 4.71. The van der Waals surface area contributed by atoms with Gasteiger partial charge < -0.3 is 24.1 Å². The number of furan rings is 1. The van der Waals surface area contributed by atoms with E-state index in [1.807, 2.05) is 13.0 Å². The number of aryl methyl sites for hydroxylation is 1. The zero-order valence-corrected chi connectivity index (χ0v) is 15.3. The van der Waals surface area contributed by atoms with Gasteiger partial charge in [0, 0.05) is 30.1 Å². The predicted molar refractivity (Wildman–Crippen MR) is 96.6 cm³/mol. The molecule has 7 heteroatoms. The molecular formula is C19H24N2O5. The summed E-state index contributed by atoms with van der Waals surface area (Å²) in [7, 11) is 1.60. The molecule has 7 nitrogen and oxygen atoms in total. The second-order valence-electron chi connectivity index (χ2n) is 6.35. The molecule has 2 heterocycles. The zero-order valence-electron chi connectivity index (χ0n) is 15.3. The molecule has 0 spiro atoms. The molecule has 2 amide bonds. The molecule has 1 aromatic carbocycles. The summed E-state index contributed by atoms with van der Waals surface area (Å²) in [5.41, 5.74) is 1.45. The molecule has 0 radical (unpaired) electrons. The summed E-state index contributed by atoms with van der Waals surface area (Å²) in [6.45, 7) is 5.16. The first-order chi connectivity index (χ1) is 12.5. The number of likely N-dealkylation sites (tertiary alicyclic amines) is 1. The molecule has 0 unspecified atom stereocenters. The van der Waals surface area contributed by atoms with Crippen LogP contribution >= 0.6 is 0 Å². The Morgan fingerprint density at radius 3 is 2.69 bits per heavy atom. The van der Waals surface area contributed by atoms with E-state index < -0.39 is 0 Å². The number of ether oxygens (including phenoxy) is 2. The first-order valence-electron chi connectivity index (χ1n) is 8.83. The summed E-state index contributed by atoms with van der Waals surface area (Å²) in [4.78, 5) is 26.0. The normalized spacial score (nSPS) is 15.1. The average molecular weight is 360 g/mol. The third kappa shape index (κ3) is 3.61. The van der Waals surface area contributed by atoms with Gasteiger partial charge in [-0.05, 0) is 44.9 Å². The molecule has 0 saturated carbocycles. The van der Waals surface area contributed by atoms with Gasteiger partial charge in [0.25, 0.3) is 5.91 Å². The Bertz CT molecular complexity index is 806. The van der Waals surface area contributed by atoms with Gasteiger partial charge in [0.2, 0.25) is 0 Å². The Balaban J connectivity index is 1.65. The summed E-state index contributed by atoms with van der Waals surface area (Å²) in [6.07, 6.45) is 1.09. The molecule has 0 aliphatic carbocycles. The lowest BCUT2D eigenvalue weighted by Gasteiger charge is -2.31. The fourth-order valence-corrected chi connectivity index (χ4v) is 3.22. The molecule has 1 aliphatic rings. The SMILES string of the molecule is CCOC(=O)N1CCC(NC(=O)c2oc3ccc(OC)cc3c2C)CC1. The van der Waals surface area contributed by atoms with Crippen LogP contribution in [0.4, 0.5) is 4.79 Å². The molecule has 1 aromatic heterocycles. The highest BCUT2D eigenvalue weighted by Gasteiger charge is 2.26. The van der Waals surface area contributed by atoms with Gasteiger partial charge >= 0.3 is 6.09 Å². The molecule has 26 heavy (non-hydrogen) atoms. The van der Waals surface area contributed by atoms with E-state index in [0.717, 1.165) is 16.7 Å². The van der Waals surface area contributed by atoms with Gasteiger partial charge in [-0.3, -0.25) is 4.79 Å². The monoisotopic (exact) mass is 360 g/mol. The zero-order chi connectivity index (χ0) is 18.7. The first-order valence-corrected chi connectivity index (χ1v) is 8.83. The Hall–Kier alpha value is -2.70. The minimum Gasteiger partial charge on any atom is -0.497 e. The Labute approximate surface area is 152 Å². The van der Waals surface area contributed by atoms with Crippen molar-refractivity contribution in [1.29, 1.82) is 0 Å². The highest BCUT2D eigenvalue weighted by molar-refractivity contribution is 5.99. The number of fused-ring (bicyclic) bond motifs is 1. The van der Waals surface area contributed by atoms with Gasteiger partial charge in [-0.2, -0.15) is 0 Å². The number of hydrogen-bond acceptors (Lipinski definition) is 5. The van der Waals surface area contributed by atoms with Crippen molar-refractivity contribution < 1.29 is 23.5 Å². The van der Waals surface area contributed by atoms with Crippen molar-refractivity contribution in [2.75, 3.05) is 26.8 Å². The van der Waals surface area contributed by atoms with Crippen LogP contribution in [0.2, 0.25) is 0 Å². The smallest absolute Gasteiger partial charge is 0.409 e. The molecule has 2 aromatic rings. The van der Waals surface area contributed by atoms with E-state index in [9.17, 15) is 9.59 Å². The van der Waals surface area contributed by atoms with Crippen LogP contribution in [0.5, 0.6) is 5.75 Å². The largest absolute Gasteiger partial charge is 0.497 e. The summed E-state index contributed by atoms with van der Waals surface area (Å²) in [5, 5.41) is 3.88. The van der Waals surface area contributed by atoms with Crippen molar-refractivity contribution in [3.05, 3.63) is 29.5 Å². The van der Waals surface area contributed by atoms with Gasteiger partial charge in [0.05, 0.1) is 13.7 Å². The maximum absolute atomic E-state index is 12.6. The van der Waals surface area contributed by atoms with Crippen LogP contribution in [-0.4, -0.2) is 49.7 Å². The van der Waals surface area contributed by atoms with Gasteiger partial charge in [-0.15, -0.1) is 0 Å². The molecule has 0 atom stereocenters. The van der Waals surface area contributed by atoms with Crippen LogP contribution in [0.1, 0.15) is 35.9 Å². The quantitative estimate of drug-likeness (QED) is 0.906. The van der Waals surface area contributed by atoms with Gasteiger partial charge in [-0.25, -0.2) is 4.79 Å². The molecule has 0 bridgehead atoms. The van der Waals surface area contributed by atoms with Crippen LogP contribution in [-0.2, 0) is 4.74 Å². The van der Waals surface area contributed by atoms with Crippen LogP contribution in [0.15, 0.2) is 22.6 Å². The van der Waals surface area contributed by atoms with E-state index in [-0.39, 0.29) is 18.0 Å². The predicted octanol–water partition coefficient (Wildman–Crippen LogP) is 3.10. The number of nitrogens with zero attached hydrogens (tertiary/aromatic N) is 1. The van der Waals surface area contributed by atoms with E-state index in [0.29, 0.717) is 43.9 Å². The second kappa shape index (κ2) is 7.68. The summed E-state index contributed by atoms with van der Waals surface area (Å²) < 4.78 is 16.0. The highest BCUT2D eigenvalue weighted by atomic mass is 16.6. The number of amides is 2. The minimum absolute atomic E-state index is 0.00956. The van der Waals surface area contributed by atoms with E-state index in [1.165, 1.54) is 0 Å². The van der Waals surface area contributed by atoms with E-state index in [2.05, 4.69) is 5.32 Å². The molecular weight excluding hydrogens is 336 g/mol. The fourth-order valence-electron chi connectivity index (χ4n) is 3.22. The maximum Gasteiger partial charge on any atom is 0.409 e. The molecule has 140 valence electrons. The second-order valence-corrected chi connectivity index (χ2v) is 6.35. The number of carbonyl (C=O) groups is 2. The Morgan fingerprint density at radius 1 is 1.31 bits per heavy atom. The van der Waals surface area contributed by atoms with Crippen LogP contribution < -0.4 is 10.1 Å². The van der Waals surface area contributed by atoms with Crippen molar-refractivity contribution in [3.8, 4) is 5.75 Å². The third-order valence-corrected chi connectivity index (χ3v) is 4.71. The number of rotatable bonds is 4. The summed E-state index contributed by atoms with van der Waals surface area (Å²) in [5.74, 6) is 0.813. The van der Waals surface area contributed by atoms with E-state index in [4.69, 9.17) is 13.9 Å². The van der Waals surface area contributed by atoms with Gasteiger partial charge in [0.1, 0.15) is 11.3 Å². The Kier molecular flexibility index (Phi) is 5.35. The standard InChI is InChI=1S/C19H24N2O5/c1-4-25-19(23)21-9-7-13(8-10-21)20-18(22)17-12(2)15-11-14(24-3)5-6-16(15)26-17/h5-6,11,13H,4,7-10H2,1-3H3,(H,20,22). The van der Waals surface area contributed by atoms with Gasteiger partial charge in [-0.1, -0.05) is 0 Å². The molecule has 1 aliphatic heterocycles. The minimum atomic E-state index is -0.292. The number of hydrogen-bond donors (Lipinski definition) is 1. The fraction of sp³-hybridized carbons (Fsp3) is 0.474. The number of benzene rings is 1. The van der Waals surface area contributed by atoms with Crippen molar-refractivity contribution in [3.63, 3.8) is 0 Å². The molecule has 3 rings (SSSR count). The van der Waals surface area contributed by atoms with Gasteiger partial charge in [0.15, 0.2) is 5.76 Å². The number of nitrogens with one attached hydrogen (secondary N) is 1. The lowest BCUT2D eigenvalue weighted by atomic mass is 10.0. The van der Waals surface area contributed by atoms with Crippen molar-refractivity contribution >= 4 is 23.0 Å². The van der Waals surface area contributed by atoms with Crippen molar-refractivity contribution in [1.82, 2.24) is 10.2 Å². The highest BCUT2D eigenvalue weighted by Crippen LogP contribution is 2.29.